The van der Waals surface area contributed by atoms with Gasteiger partial charge in [-0.25, -0.2) is 9.97 Å². The summed E-state index contributed by atoms with van der Waals surface area (Å²) in [4.78, 5) is 12.5. The Hall–Kier alpha value is -3.07. The zero-order valence-electron chi connectivity index (χ0n) is 17.5. The second-order valence-corrected chi connectivity index (χ2v) is 9.25. The molecule has 1 aromatic carbocycles. The molecule has 30 heavy (non-hydrogen) atoms. The van der Waals surface area contributed by atoms with Crippen LogP contribution in [0.5, 0.6) is 5.75 Å². The van der Waals surface area contributed by atoms with Gasteiger partial charge in [-0.3, -0.25) is 0 Å². The normalized spacial score (nSPS) is 21.0. The number of nitriles is 1. The van der Waals surface area contributed by atoms with E-state index in [1.165, 1.54) is 18.5 Å². The molecule has 1 saturated carbocycles. The molecule has 3 heterocycles. The highest BCUT2D eigenvalue weighted by Gasteiger charge is 2.33. The van der Waals surface area contributed by atoms with Crippen LogP contribution in [-0.2, 0) is 0 Å². The maximum atomic E-state index is 9.44. The fourth-order valence-corrected chi connectivity index (χ4v) is 4.30. The average molecular weight is 402 g/mol. The summed E-state index contributed by atoms with van der Waals surface area (Å²) in [6.45, 7) is 4.63. The summed E-state index contributed by atoms with van der Waals surface area (Å²) in [7, 11) is 0. The lowest BCUT2D eigenvalue weighted by atomic mass is 9.81. The molecule has 0 radical (unpaired) electrons. The van der Waals surface area contributed by atoms with Crippen molar-refractivity contribution in [2.24, 2.45) is 11.3 Å². The van der Waals surface area contributed by atoms with Crippen LogP contribution < -0.4 is 10.1 Å². The van der Waals surface area contributed by atoms with E-state index < -0.39 is 0 Å². The summed E-state index contributed by atoms with van der Waals surface area (Å²) >= 11 is 0. The molecular formula is C24H27N5O. The fraction of sp³-hybridized carbons (Fsp3) is 0.458. The number of ether oxygens (including phenoxy) is 1. The van der Waals surface area contributed by atoms with Crippen molar-refractivity contribution in [1.29, 1.82) is 5.26 Å². The average Bonchev–Trinajstić information content (AvgIpc) is 3.52. The van der Waals surface area contributed by atoms with Gasteiger partial charge in [0, 0.05) is 17.2 Å². The first-order valence-corrected chi connectivity index (χ1v) is 10.8. The Bertz CT molecular complexity index is 1110. The Morgan fingerprint density at radius 3 is 2.90 bits per heavy atom. The molecule has 2 atom stereocenters. The number of rotatable bonds is 6. The van der Waals surface area contributed by atoms with Crippen LogP contribution in [0.4, 0.5) is 5.82 Å². The van der Waals surface area contributed by atoms with Gasteiger partial charge < -0.3 is 15.0 Å². The van der Waals surface area contributed by atoms with E-state index in [0.29, 0.717) is 12.5 Å². The highest BCUT2D eigenvalue weighted by atomic mass is 16.5. The smallest absolute Gasteiger partial charge is 0.143 e. The zero-order chi connectivity index (χ0) is 20.7. The summed E-state index contributed by atoms with van der Waals surface area (Å²) < 4.78 is 6.07. The Morgan fingerprint density at radius 1 is 1.27 bits per heavy atom. The van der Waals surface area contributed by atoms with Crippen LogP contribution in [0.1, 0.15) is 62.7 Å². The van der Waals surface area contributed by atoms with Gasteiger partial charge >= 0.3 is 0 Å². The van der Waals surface area contributed by atoms with Crippen LogP contribution >= 0.6 is 0 Å². The van der Waals surface area contributed by atoms with Crippen LogP contribution in [0, 0.1) is 22.7 Å². The maximum Gasteiger partial charge on any atom is 0.143 e. The minimum Gasteiger partial charge on any atom is -0.493 e. The van der Waals surface area contributed by atoms with E-state index >= 15 is 0 Å². The number of para-hydroxylation sites is 1. The quantitative estimate of drug-likeness (QED) is 0.583. The Kier molecular flexibility index (Phi) is 4.62. The predicted molar refractivity (Wildman–Crippen MR) is 116 cm³/mol. The van der Waals surface area contributed by atoms with Crippen LogP contribution in [0.15, 0.2) is 36.7 Å². The van der Waals surface area contributed by atoms with Crippen LogP contribution in [0.3, 0.4) is 0 Å². The maximum absolute atomic E-state index is 9.44. The number of nitrogens with zero attached hydrogens (tertiary/aromatic N) is 3. The number of aromatic nitrogens is 3. The molecule has 1 fully saturated rings. The highest BCUT2D eigenvalue weighted by Crippen LogP contribution is 2.43. The first-order chi connectivity index (χ1) is 14.5. The number of benzene rings is 1. The lowest BCUT2D eigenvalue weighted by Crippen LogP contribution is -2.32. The number of aromatic amines is 1. The third-order valence-corrected chi connectivity index (χ3v) is 6.38. The summed E-state index contributed by atoms with van der Waals surface area (Å²) in [5, 5.41) is 14.2. The number of hydrogen-bond acceptors (Lipinski definition) is 5. The first-order valence-electron chi connectivity index (χ1n) is 10.8. The van der Waals surface area contributed by atoms with Crippen molar-refractivity contribution < 1.29 is 4.74 Å². The van der Waals surface area contributed by atoms with Crippen molar-refractivity contribution in [2.45, 2.75) is 51.5 Å². The minimum atomic E-state index is -0.344. The van der Waals surface area contributed by atoms with Gasteiger partial charge in [-0.2, -0.15) is 5.26 Å². The van der Waals surface area contributed by atoms with Crippen molar-refractivity contribution in [3.05, 3.63) is 47.9 Å². The Morgan fingerprint density at radius 2 is 2.10 bits per heavy atom. The van der Waals surface area contributed by atoms with Crippen LogP contribution in [0.2, 0.25) is 0 Å². The van der Waals surface area contributed by atoms with Crippen LogP contribution in [-0.4, -0.2) is 21.6 Å². The molecule has 2 N–H and O–H groups in total. The Balaban J connectivity index is 1.48. The van der Waals surface area contributed by atoms with E-state index in [9.17, 15) is 5.26 Å². The summed E-state index contributed by atoms with van der Waals surface area (Å²) in [6, 6.07) is 12.9. The van der Waals surface area contributed by atoms with Gasteiger partial charge in [0.05, 0.1) is 29.5 Å². The highest BCUT2D eigenvalue weighted by molar-refractivity contribution is 5.88. The molecule has 2 aliphatic rings. The molecule has 1 aliphatic carbocycles. The molecule has 6 heteroatoms. The van der Waals surface area contributed by atoms with Gasteiger partial charge in [0.1, 0.15) is 23.5 Å². The molecule has 0 spiro atoms. The van der Waals surface area contributed by atoms with E-state index in [1.54, 1.807) is 6.33 Å². The van der Waals surface area contributed by atoms with E-state index in [1.807, 2.05) is 26.0 Å². The second-order valence-electron chi connectivity index (χ2n) is 9.25. The van der Waals surface area contributed by atoms with Crippen molar-refractivity contribution in [2.75, 3.05) is 11.9 Å². The van der Waals surface area contributed by atoms with Gasteiger partial charge in [-0.1, -0.05) is 18.2 Å². The number of hydrogen-bond donors (Lipinski definition) is 2. The molecule has 154 valence electrons. The van der Waals surface area contributed by atoms with Gasteiger partial charge in [0.25, 0.3) is 0 Å². The van der Waals surface area contributed by atoms with Gasteiger partial charge in [-0.15, -0.1) is 0 Å². The molecule has 0 bridgehead atoms. The molecule has 0 saturated heterocycles. The third-order valence-electron chi connectivity index (χ3n) is 6.38. The van der Waals surface area contributed by atoms with E-state index in [-0.39, 0.29) is 17.4 Å². The minimum absolute atomic E-state index is 0.0711. The number of anilines is 1. The second kappa shape index (κ2) is 7.32. The van der Waals surface area contributed by atoms with E-state index in [0.717, 1.165) is 41.0 Å². The molecule has 1 aliphatic heterocycles. The number of H-pyrrole nitrogens is 1. The molecule has 2 aromatic heterocycles. The molecule has 0 amide bonds. The van der Waals surface area contributed by atoms with Crippen molar-refractivity contribution in [3.8, 4) is 11.8 Å². The lowest BCUT2D eigenvalue weighted by molar-refractivity contribution is 0.182. The van der Waals surface area contributed by atoms with Gasteiger partial charge in [-0.05, 0) is 57.6 Å². The van der Waals surface area contributed by atoms with Crippen LogP contribution in [0.25, 0.3) is 11.0 Å². The standard InChI is InChI=1S/C24H27N5O/c1-24(2,13-25)10-9-16-12-30-20-6-4-3-5-17(20)21(16)29-23-18-11-19(15-7-8-15)28-22(18)26-14-27-23/h3-6,11,14-16,21H,7-10,12H2,1-2H3,(H2,26,27,28,29)/t16-,21?/m1/s1. The van der Waals surface area contributed by atoms with E-state index in [2.05, 4.69) is 44.5 Å². The zero-order valence-corrected chi connectivity index (χ0v) is 17.5. The largest absolute Gasteiger partial charge is 0.493 e. The monoisotopic (exact) mass is 401 g/mol. The number of fused-ring (bicyclic) bond motifs is 2. The summed E-state index contributed by atoms with van der Waals surface area (Å²) in [5.74, 6) is 2.66. The van der Waals surface area contributed by atoms with Gasteiger partial charge in [0.15, 0.2) is 0 Å². The third kappa shape index (κ3) is 3.60. The van der Waals surface area contributed by atoms with E-state index in [4.69, 9.17) is 4.74 Å². The Labute approximate surface area is 176 Å². The van der Waals surface area contributed by atoms with Crippen molar-refractivity contribution >= 4 is 16.9 Å². The topological polar surface area (TPSA) is 86.6 Å². The SMILES string of the molecule is CC(C)(C#N)CC[C@@H]1COc2ccccc2C1Nc1ncnc2[nH]c(C3CC3)cc12. The molecule has 3 aromatic rings. The molecule has 1 unspecified atom stereocenters. The predicted octanol–water partition coefficient (Wildman–Crippen LogP) is 5.33. The summed E-state index contributed by atoms with van der Waals surface area (Å²) in [6.07, 6.45) is 5.84. The fourth-order valence-electron chi connectivity index (χ4n) is 4.30. The lowest BCUT2D eigenvalue weighted by Gasteiger charge is -2.35. The molecule has 6 nitrogen and oxygen atoms in total. The molecule has 5 rings (SSSR count). The summed E-state index contributed by atoms with van der Waals surface area (Å²) in [5.41, 5.74) is 2.95. The van der Waals surface area contributed by atoms with Gasteiger partial charge in [0.2, 0.25) is 0 Å². The number of nitrogens with one attached hydrogen (secondary N) is 2. The van der Waals surface area contributed by atoms with Crippen molar-refractivity contribution in [3.63, 3.8) is 0 Å². The van der Waals surface area contributed by atoms with Crippen molar-refractivity contribution in [1.82, 2.24) is 15.0 Å². The first kappa shape index (κ1) is 18.9. The molecular weight excluding hydrogens is 374 g/mol.